The summed E-state index contributed by atoms with van der Waals surface area (Å²) < 4.78 is 0. The van der Waals surface area contributed by atoms with Crippen LogP contribution in [0.25, 0.3) is 0 Å². The summed E-state index contributed by atoms with van der Waals surface area (Å²) in [6, 6.07) is 7.93. The standard InChI is InChI=1S/C17H19NO2/c1-16(2)12-8-6-5-7-11(12)15(17(16,3)4)18-13(19)9-10-14(18)20/h5-10,15H,1-4H3/t15-/m1/s1. The Hall–Kier alpha value is -1.90. The molecule has 0 bridgehead atoms. The third-order valence-corrected chi connectivity index (χ3v) is 5.32. The molecule has 3 rings (SSSR count). The number of imide groups is 1. The molecule has 1 heterocycles. The summed E-state index contributed by atoms with van der Waals surface area (Å²) >= 11 is 0. The van der Waals surface area contributed by atoms with Crippen molar-refractivity contribution in [2.75, 3.05) is 0 Å². The Kier molecular flexibility index (Phi) is 2.50. The Morgan fingerprint density at radius 2 is 1.50 bits per heavy atom. The first-order chi connectivity index (χ1) is 9.28. The number of nitrogens with zero attached hydrogens (tertiary/aromatic N) is 1. The molecule has 104 valence electrons. The molecular formula is C17H19NO2. The van der Waals surface area contributed by atoms with E-state index in [1.54, 1.807) is 0 Å². The van der Waals surface area contributed by atoms with E-state index in [-0.39, 0.29) is 28.7 Å². The van der Waals surface area contributed by atoms with Gasteiger partial charge in [0.1, 0.15) is 0 Å². The van der Waals surface area contributed by atoms with E-state index < -0.39 is 0 Å². The molecule has 0 radical (unpaired) electrons. The van der Waals surface area contributed by atoms with Gasteiger partial charge in [-0.3, -0.25) is 14.5 Å². The summed E-state index contributed by atoms with van der Waals surface area (Å²) in [6.07, 6.45) is 2.73. The highest BCUT2D eigenvalue weighted by molar-refractivity contribution is 6.13. The van der Waals surface area contributed by atoms with Gasteiger partial charge < -0.3 is 0 Å². The van der Waals surface area contributed by atoms with Crippen molar-refractivity contribution >= 4 is 11.8 Å². The maximum absolute atomic E-state index is 12.1. The maximum Gasteiger partial charge on any atom is 0.254 e. The van der Waals surface area contributed by atoms with Gasteiger partial charge in [-0.2, -0.15) is 0 Å². The number of amides is 2. The summed E-state index contributed by atoms with van der Waals surface area (Å²) in [6.45, 7) is 8.64. The number of fused-ring (bicyclic) bond motifs is 1. The van der Waals surface area contributed by atoms with Gasteiger partial charge in [0.2, 0.25) is 0 Å². The third kappa shape index (κ3) is 1.41. The largest absolute Gasteiger partial charge is 0.269 e. The lowest BCUT2D eigenvalue weighted by molar-refractivity contribution is -0.143. The Balaban J connectivity index is 2.21. The van der Waals surface area contributed by atoms with Gasteiger partial charge in [0.15, 0.2) is 0 Å². The molecule has 20 heavy (non-hydrogen) atoms. The van der Waals surface area contributed by atoms with Crippen LogP contribution in [0.1, 0.15) is 44.9 Å². The fourth-order valence-corrected chi connectivity index (χ4v) is 3.51. The zero-order valence-corrected chi connectivity index (χ0v) is 12.3. The van der Waals surface area contributed by atoms with Crippen LogP contribution in [0.15, 0.2) is 36.4 Å². The second-order valence-corrected chi connectivity index (χ2v) is 6.72. The van der Waals surface area contributed by atoms with Crippen LogP contribution in [0.5, 0.6) is 0 Å². The van der Waals surface area contributed by atoms with Crippen molar-refractivity contribution in [3.8, 4) is 0 Å². The summed E-state index contributed by atoms with van der Waals surface area (Å²) in [5.41, 5.74) is 2.00. The van der Waals surface area contributed by atoms with Crippen LogP contribution >= 0.6 is 0 Å². The minimum absolute atomic E-state index is 0.0998. The van der Waals surface area contributed by atoms with E-state index >= 15 is 0 Å². The zero-order chi connectivity index (χ0) is 14.7. The Morgan fingerprint density at radius 3 is 2.10 bits per heavy atom. The zero-order valence-electron chi connectivity index (χ0n) is 12.3. The average Bonchev–Trinajstić information content (AvgIpc) is 2.77. The predicted octanol–water partition coefficient (Wildman–Crippen LogP) is 2.97. The Labute approximate surface area is 119 Å². The highest BCUT2D eigenvalue weighted by atomic mass is 16.2. The van der Waals surface area contributed by atoms with Gasteiger partial charge in [0.05, 0.1) is 6.04 Å². The number of carbonyl (C=O) groups is 2. The number of benzene rings is 1. The minimum atomic E-state index is -0.214. The van der Waals surface area contributed by atoms with Gasteiger partial charge in [-0.1, -0.05) is 52.0 Å². The van der Waals surface area contributed by atoms with Crippen molar-refractivity contribution in [2.24, 2.45) is 5.41 Å². The van der Waals surface area contributed by atoms with Gasteiger partial charge in [0, 0.05) is 12.2 Å². The predicted molar refractivity (Wildman–Crippen MR) is 77.0 cm³/mol. The molecule has 0 spiro atoms. The number of hydrogen-bond donors (Lipinski definition) is 0. The minimum Gasteiger partial charge on any atom is -0.269 e. The summed E-state index contributed by atoms with van der Waals surface area (Å²) in [5.74, 6) is -0.416. The molecule has 2 aliphatic rings. The van der Waals surface area contributed by atoms with Gasteiger partial charge in [-0.25, -0.2) is 0 Å². The molecule has 1 aliphatic heterocycles. The van der Waals surface area contributed by atoms with Crippen LogP contribution in [0.3, 0.4) is 0 Å². The van der Waals surface area contributed by atoms with Gasteiger partial charge in [0.25, 0.3) is 11.8 Å². The van der Waals surface area contributed by atoms with Crippen molar-refractivity contribution in [3.05, 3.63) is 47.5 Å². The lowest BCUT2D eigenvalue weighted by Gasteiger charge is -2.42. The van der Waals surface area contributed by atoms with Crippen LogP contribution in [-0.4, -0.2) is 16.7 Å². The van der Waals surface area contributed by atoms with Crippen molar-refractivity contribution < 1.29 is 9.59 Å². The molecule has 1 aromatic rings. The van der Waals surface area contributed by atoms with Crippen LogP contribution in [0, 0.1) is 5.41 Å². The molecule has 2 amide bonds. The topological polar surface area (TPSA) is 37.4 Å². The molecule has 0 saturated heterocycles. The van der Waals surface area contributed by atoms with E-state index in [4.69, 9.17) is 0 Å². The molecular weight excluding hydrogens is 250 g/mol. The first-order valence-electron chi connectivity index (χ1n) is 6.93. The van der Waals surface area contributed by atoms with E-state index in [2.05, 4.69) is 33.8 Å². The molecule has 3 nitrogen and oxygen atoms in total. The van der Waals surface area contributed by atoms with E-state index in [0.717, 1.165) is 5.56 Å². The van der Waals surface area contributed by atoms with Crippen molar-refractivity contribution in [3.63, 3.8) is 0 Å². The SMILES string of the molecule is CC1(C)c2ccccc2[C@@H](N2C(=O)C=CC2=O)C1(C)C. The second kappa shape index (κ2) is 3.81. The van der Waals surface area contributed by atoms with Crippen molar-refractivity contribution in [1.29, 1.82) is 0 Å². The summed E-state index contributed by atoms with van der Waals surface area (Å²) in [5, 5.41) is 0. The van der Waals surface area contributed by atoms with Gasteiger partial charge in [-0.05, 0) is 22.0 Å². The molecule has 3 heteroatoms. The molecule has 0 aromatic heterocycles. The molecule has 1 aromatic carbocycles. The van der Waals surface area contributed by atoms with E-state index in [1.165, 1.54) is 22.6 Å². The van der Waals surface area contributed by atoms with Crippen molar-refractivity contribution in [1.82, 2.24) is 4.90 Å². The van der Waals surface area contributed by atoms with Gasteiger partial charge in [-0.15, -0.1) is 0 Å². The normalized spacial score (nSPS) is 26.2. The first kappa shape index (κ1) is 13.1. The van der Waals surface area contributed by atoms with Crippen LogP contribution in [0.4, 0.5) is 0 Å². The highest BCUT2D eigenvalue weighted by Gasteiger charge is 2.56. The van der Waals surface area contributed by atoms with Crippen molar-refractivity contribution in [2.45, 2.75) is 39.2 Å². The molecule has 0 fully saturated rings. The molecule has 0 saturated carbocycles. The third-order valence-electron chi connectivity index (χ3n) is 5.32. The fraction of sp³-hybridized carbons (Fsp3) is 0.412. The smallest absolute Gasteiger partial charge is 0.254 e. The molecule has 0 N–H and O–H groups in total. The number of carbonyl (C=O) groups excluding carboxylic acids is 2. The Morgan fingerprint density at radius 1 is 0.950 bits per heavy atom. The molecule has 0 unspecified atom stereocenters. The summed E-state index contributed by atoms with van der Waals surface area (Å²) in [4.78, 5) is 25.6. The lowest BCUT2D eigenvalue weighted by atomic mass is 9.67. The van der Waals surface area contributed by atoms with Crippen LogP contribution in [0.2, 0.25) is 0 Å². The van der Waals surface area contributed by atoms with E-state index in [1.807, 2.05) is 18.2 Å². The monoisotopic (exact) mass is 269 g/mol. The average molecular weight is 269 g/mol. The first-order valence-corrected chi connectivity index (χ1v) is 6.93. The second-order valence-electron chi connectivity index (χ2n) is 6.72. The summed E-state index contributed by atoms with van der Waals surface area (Å²) in [7, 11) is 0. The Bertz CT molecular complexity index is 622. The number of hydrogen-bond acceptors (Lipinski definition) is 2. The number of rotatable bonds is 1. The fourth-order valence-electron chi connectivity index (χ4n) is 3.51. The van der Waals surface area contributed by atoms with Crippen LogP contribution < -0.4 is 0 Å². The molecule has 1 aliphatic carbocycles. The highest BCUT2D eigenvalue weighted by Crippen LogP contribution is 2.59. The van der Waals surface area contributed by atoms with E-state index in [0.29, 0.717) is 0 Å². The van der Waals surface area contributed by atoms with Gasteiger partial charge >= 0.3 is 0 Å². The van der Waals surface area contributed by atoms with Crippen LogP contribution in [-0.2, 0) is 15.0 Å². The van der Waals surface area contributed by atoms with E-state index in [9.17, 15) is 9.59 Å². The molecule has 1 atom stereocenters. The quantitative estimate of drug-likeness (QED) is 0.735. The maximum atomic E-state index is 12.1. The lowest BCUT2D eigenvalue weighted by Crippen LogP contribution is -2.44.